The largest absolute Gasteiger partial charge is 0.501 e. The quantitative estimate of drug-likeness (QED) is 0.505. The van der Waals surface area contributed by atoms with Crippen molar-refractivity contribution in [1.82, 2.24) is 14.6 Å². The van der Waals surface area contributed by atoms with Crippen LogP contribution in [0, 0.1) is 13.8 Å². The van der Waals surface area contributed by atoms with Crippen LogP contribution in [0.25, 0.3) is 5.65 Å². The van der Waals surface area contributed by atoms with E-state index in [-0.39, 0.29) is 23.3 Å². The molecule has 8 nitrogen and oxygen atoms in total. The Balaban J connectivity index is 1.31. The number of fused-ring (bicyclic) bond motifs is 2. The minimum atomic E-state index is -2.84. The van der Waals surface area contributed by atoms with Crippen LogP contribution in [0.1, 0.15) is 36.1 Å². The van der Waals surface area contributed by atoms with Gasteiger partial charge in [-0.2, -0.15) is 4.52 Å². The molecule has 182 valence electrons. The first-order chi connectivity index (χ1) is 17.4. The van der Waals surface area contributed by atoms with E-state index < -0.39 is 28.5 Å². The molecule has 0 N–H and O–H groups in total. The summed E-state index contributed by atoms with van der Waals surface area (Å²) in [6, 6.07) is 5.74. The zero-order valence-electron chi connectivity index (χ0n) is 20.3. The highest BCUT2D eigenvalue weighted by molar-refractivity contribution is 6.53. The van der Waals surface area contributed by atoms with Crippen LogP contribution >= 0.6 is 0 Å². The van der Waals surface area contributed by atoms with Crippen LogP contribution in [-0.2, 0) is 0 Å². The minimum absolute atomic E-state index is 0.109. The molecule has 2 aliphatic heterocycles. The van der Waals surface area contributed by atoms with E-state index in [2.05, 4.69) is 10.1 Å². The van der Waals surface area contributed by atoms with Gasteiger partial charge in [0.15, 0.2) is 23.0 Å². The highest BCUT2D eigenvalue weighted by Crippen LogP contribution is 2.41. The summed E-state index contributed by atoms with van der Waals surface area (Å²) in [6.07, 6.45) is -1.62. The molecule has 2 aliphatic rings. The fourth-order valence-electron chi connectivity index (χ4n) is 4.38. The molecule has 0 aliphatic carbocycles. The van der Waals surface area contributed by atoms with Gasteiger partial charge < -0.3 is 19.1 Å². The molecule has 0 atom stereocenters. The molecule has 8 radical (unpaired) electrons. The van der Waals surface area contributed by atoms with E-state index in [0.29, 0.717) is 43.1 Å². The molecule has 2 aromatic heterocycles. The Morgan fingerprint density at radius 3 is 2.32 bits per heavy atom. The maximum absolute atomic E-state index is 13.1. The topological polar surface area (TPSA) is 78.2 Å². The zero-order valence-corrected chi connectivity index (χ0v) is 20.3. The molecule has 1 aromatic carbocycles. The second kappa shape index (κ2) is 8.99. The Bertz CT molecular complexity index is 1430. The highest BCUT2D eigenvalue weighted by Gasteiger charge is 2.43. The minimum Gasteiger partial charge on any atom is -0.501 e. The van der Waals surface area contributed by atoms with Crippen molar-refractivity contribution in [2.45, 2.75) is 50.0 Å². The summed E-state index contributed by atoms with van der Waals surface area (Å²) in [5.74, 6) is 1.68. The van der Waals surface area contributed by atoms with Crippen molar-refractivity contribution < 1.29 is 23.0 Å². The summed E-state index contributed by atoms with van der Waals surface area (Å²) in [5, 5.41) is 0.602. The van der Waals surface area contributed by atoms with Crippen LogP contribution in [0.5, 0.6) is 17.2 Å². The van der Waals surface area contributed by atoms with Gasteiger partial charge in [-0.15, -0.1) is 5.10 Å². The first-order valence-electron chi connectivity index (χ1n) is 11.6. The number of hydrogen-bond donors (Lipinski definition) is 0. The summed E-state index contributed by atoms with van der Waals surface area (Å²) >= 11 is 0. The fourth-order valence-corrected chi connectivity index (χ4v) is 4.38. The Labute approximate surface area is 217 Å². The maximum atomic E-state index is 13.1. The molecule has 14 heteroatoms. The van der Waals surface area contributed by atoms with Gasteiger partial charge >= 0.3 is 0 Å². The van der Waals surface area contributed by atoms with Crippen LogP contribution in [0.15, 0.2) is 29.1 Å². The normalized spacial score (nSPS) is 18.8. The number of anilines is 1. The SMILES string of the molecule is [B]C1([B])Oc2ccc(OC3CCN(c4nn5c(=O)cc(C(F)F)nc5c(C)c4C)CC3)cc2OC1([B])[B]. The molecular weight excluding hydrogens is 478 g/mol. The van der Waals surface area contributed by atoms with E-state index in [1.165, 1.54) is 0 Å². The van der Waals surface area contributed by atoms with Gasteiger partial charge in [-0.05, 0) is 26.0 Å². The predicted octanol–water partition coefficient (Wildman–Crippen LogP) is 1.44. The molecule has 0 bridgehead atoms. The average Bonchev–Trinajstić information content (AvgIpc) is 2.82. The molecule has 0 unspecified atom stereocenters. The van der Waals surface area contributed by atoms with Gasteiger partial charge in [0.05, 0.1) is 0 Å². The predicted molar refractivity (Wildman–Crippen MR) is 136 cm³/mol. The molecule has 4 heterocycles. The van der Waals surface area contributed by atoms with Gasteiger partial charge in [-0.25, -0.2) is 13.8 Å². The Hall–Kier alpha value is -3.17. The van der Waals surface area contributed by atoms with Crippen molar-refractivity contribution in [2.24, 2.45) is 0 Å². The third-order valence-electron chi connectivity index (χ3n) is 6.70. The Morgan fingerprint density at radius 1 is 1.03 bits per heavy atom. The van der Waals surface area contributed by atoms with Crippen molar-refractivity contribution in [3.8, 4) is 17.2 Å². The fraction of sp³-hybridized carbons (Fsp3) is 0.435. The average molecular weight is 498 g/mol. The molecule has 1 saturated heterocycles. The number of ether oxygens (including phenoxy) is 3. The van der Waals surface area contributed by atoms with Crippen LogP contribution in [0.3, 0.4) is 0 Å². The van der Waals surface area contributed by atoms with Crippen LogP contribution in [0.2, 0.25) is 0 Å². The molecular formula is C23H20B4F2N4O4. The van der Waals surface area contributed by atoms with Crippen molar-refractivity contribution in [3.05, 3.63) is 51.4 Å². The molecule has 1 fully saturated rings. The molecule has 37 heavy (non-hydrogen) atoms. The highest BCUT2D eigenvalue weighted by atomic mass is 19.3. The number of piperidine rings is 1. The van der Waals surface area contributed by atoms with E-state index >= 15 is 0 Å². The summed E-state index contributed by atoms with van der Waals surface area (Å²) in [4.78, 5) is 18.5. The molecule has 0 saturated carbocycles. The van der Waals surface area contributed by atoms with Crippen LogP contribution in [-0.4, -0.2) is 76.0 Å². The lowest BCUT2D eigenvalue weighted by atomic mass is 9.41. The van der Waals surface area contributed by atoms with E-state index in [4.69, 9.17) is 45.6 Å². The second-order valence-electron chi connectivity index (χ2n) is 9.33. The summed E-state index contributed by atoms with van der Waals surface area (Å²) in [6.45, 7) is 4.78. The lowest BCUT2D eigenvalue weighted by Crippen LogP contribution is -2.65. The summed E-state index contributed by atoms with van der Waals surface area (Å²) in [5.41, 5.74) is 0.304. The number of hydrogen-bond acceptors (Lipinski definition) is 7. The number of aromatic nitrogens is 3. The van der Waals surface area contributed by atoms with Crippen molar-refractivity contribution in [3.63, 3.8) is 0 Å². The van der Waals surface area contributed by atoms with Gasteiger partial charge in [0.25, 0.3) is 12.0 Å². The summed E-state index contributed by atoms with van der Waals surface area (Å²) < 4.78 is 44.5. The lowest BCUT2D eigenvalue weighted by Gasteiger charge is -2.48. The molecule has 0 amide bonds. The van der Waals surface area contributed by atoms with Gasteiger partial charge in [-0.3, -0.25) is 4.79 Å². The standard InChI is InChI=1S/C23H20B4F2N4O4/c1-11-12(2)21(31-33-18(34)10-15(19(28)29)30-20(11)33)32-7-5-13(6-8-32)35-14-3-4-16-17(9-14)37-23(26,27)22(24,25)36-16/h3-4,9-10,13,19H,5-8H2,1-2H3. The van der Waals surface area contributed by atoms with Gasteiger partial charge in [0, 0.05) is 60.0 Å². The Kier molecular flexibility index (Phi) is 6.19. The number of aryl methyl sites for hydroxylation is 1. The van der Waals surface area contributed by atoms with E-state index in [1.54, 1.807) is 25.1 Å². The maximum Gasteiger partial charge on any atom is 0.280 e. The first kappa shape index (κ1) is 25.5. The number of halogens is 2. The number of alkyl halides is 2. The van der Waals surface area contributed by atoms with Gasteiger partial charge in [0.1, 0.15) is 48.9 Å². The zero-order chi connectivity index (χ0) is 26.7. The van der Waals surface area contributed by atoms with Gasteiger partial charge in [0.2, 0.25) is 0 Å². The molecule has 3 aromatic rings. The lowest BCUT2D eigenvalue weighted by molar-refractivity contribution is 0.0609. The number of benzene rings is 1. The monoisotopic (exact) mass is 498 g/mol. The number of rotatable bonds is 4. The number of nitrogens with zero attached hydrogens (tertiary/aromatic N) is 4. The van der Waals surface area contributed by atoms with Crippen molar-refractivity contribution >= 4 is 42.9 Å². The Morgan fingerprint density at radius 2 is 1.68 bits per heavy atom. The molecule has 0 spiro atoms. The van der Waals surface area contributed by atoms with Crippen LogP contribution in [0.4, 0.5) is 14.6 Å². The molecule has 5 rings (SSSR count). The van der Waals surface area contributed by atoms with E-state index in [1.807, 2.05) is 11.8 Å². The van der Waals surface area contributed by atoms with Gasteiger partial charge in [-0.1, -0.05) is 0 Å². The summed E-state index contributed by atoms with van der Waals surface area (Å²) in [7, 11) is 23.2. The first-order valence-corrected chi connectivity index (χ1v) is 11.6. The van der Waals surface area contributed by atoms with Crippen molar-refractivity contribution in [2.75, 3.05) is 18.0 Å². The second-order valence-corrected chi connectivity index (χ2v) is 9.33. The third-order valence-corrected chi connectivity index (χ3v) is 6.70. The third kappa shape index (κ3) is 4.55. The smallest absolute Gasteiger partial charge is 0.280 e. The van der Waals surface area contributed by atoms with E-state index in [0.717, 1.165) is 16.1 Å². The van der Waals surface area contributed by atoms with Crippen LogP contribution < -0.4 is 24.7 Å². The van der Waals surface area contributed by atoms with Crippen molar-refractivity contribution in [1.29, 1.82) is 0 Å². The van der Waals surface area contributed by atoms with E-state index in [9.17, 15) is 13.6 Å².